The summed E-state index contributed by atoms with van der Waals surface area (Å²) in [6.07, 6.45) is 0.0586. The molecule has 1 aromatic carbocycles. The molecular formula is C13H17F2NO3S. The highest BCUT2D eigenvalue weighted by atomic mass is 32.2. The van der Waals surface area contributed by atoms with Crippen LogP contribution in [0, 0.1) is 11.6 Å². The van der Waals surface area contributed by atoms with Gasteiger partial charge >= 0.3 is 0 Å². The lowest BCUT2D eigenvalue weighted by atomic mass is 10.1. The fourth-order valence-electron chi connectivity index (χ4n) is 2.21. The second kappa shape index (κ2) is 6.15. The fraction of sp³-hybridized carbons (Fsp3) is 0.538. The van der Waals surface area contributed by atoms with E-state index in [2.05, 4.69) is 5.32 Å². The molecule has 0 bridgehead atoms. The zero-order chi connectivity index (χ0) is 14.8. The lowest BCUT2D eigenvalue weighted by Crippen LogP contribution is -2.39. The third-order valence-electron chi connectivity index (χ3n) is 3.48. The van der Waals surface area contributed by atoms with Crippen LogP contribution in [0.15, 0.2) is 18.2 Å². The van der Waals surface area contributed by atoms with Crippen LogP contribution in [0.25, 0.3) is 0 Å². The molecule has 1 fully saturated rings. The van der Waals surface area contributed by atoms with Gasteiger partial charge in [0.05, 0.1) is 17.6 Å². The van der Waals surface area contributed by atoms with Crippen LogP contribution in [0.1, 0.15) is 24.5 Å². The summed E-state index contributed by atoms with van der Waals surface area (Å²) in [7, 11) is -2.91. The van der Waals surface area contributed by atoms with Crippen LogP contribution in [0.5, 0.6) is 0 Å². The molecule has 1 atom stereocenters. The smallest absolute Gasteiger partial charge is 0.159 e. The molecule has 7 heteroatoms. The minimum absolute atomic E-state index is 0.0264. The van der Waals surface area contributed by atoms with Crippen LogP contribution >= 0.6 is 0 Å². The van der Waals surface area contributed by atoms with Crippen LogP contribution < -0.4 is 5.32 Å². The summed E-state index contributed by atoms with van der Waals surface area (Å²) in [5.74, 6) is -1.66. The van der Waals surface area contributed by atoms with Gasteiger partial charge in [-0.1, -0.05) is 6.07 Å². The molecule has 2 N–H and O–H groups in total. The summed E-state index contributed by atoms with van der Waals surface area (Å²) in [5.41, 5.74) is 0.292. The molecule has 20 heavy (non-hydrogen) atoms. The maximum Gasteiger partial charge on any atom is 0.159 e. The lowest BCUT2D eigenvalue weighted by Gasteiger charge is -2.24. The van der Waals surface area contributed by atoms with E-state index >= 15 is 0 Å². The van der Waals surface area contributed by atoms with Gasteiger partial charge in [0.1, 0.15) is 9.84 Å². The summed E-state index contributed by atoms with van der Waals surface area (Å²) in [6.45, 7) is 0.176. The summed E-state index contributed by atoms with van der Waals surface area (Å²) >= 11 is 0. The van der Waals surface area contributed by atoms with Gasteiger partial charge in [0, 0.05) is 12.6 Å². The Morgan fingerprint density at radius 1 is 1.25 bits per heavy atom. The highest BCUT2D eigenvalue weighted by Gasteiger charge is 2.23. The first-order valence-electron chi connectivity index (χ1n) is 6.44. The third kappa shape index (κ3) is 3.97. The van der Waals surface area contributed by atoms with E-state index in [4.69, 9.17) is 0 Å². The summed E-state index contributed by atoms with van der Waals surface area (Å²) < 4.78 is 48.4. The number of aliphatic hydroxyl groups is 1. The molecule has 4 nitrogen and oxygen atoms in total. The van der Waals surface area contributed by atoms with Crippen molar-refractivity contribution in [2.45, 2.75) is 25.0 Å². The van der Waals surface area contributed by atoms with Gasteiger partial charge in [0.15, 0.2) is 11.6 Å². The number of nitrogens with one attached hydrogen (secondary N) is 1. The Labute approximate surface area is 116 Å². The Hall–Kier alpha value is -1.05. The summed E-state index contributed by atoms with van der Waals surface area (Å²) in [6, 6.07) is 3.29. The van der Waals surface area contributed by atoms with Gasteiger partial charge in [-0.05, 0) is 30.5 Å². The molecule has 0 aromatic heterocycles. The predicted molar refractivity (Wildman–Crippen MR) is 71.0 cm³/mol. The molecule has 0 amide bonds. The largest absolute Gasteiger partial charge is 0.387 e. The summed E-state index contributed by atoms with van der Waals surface area (Å²) in [5, 5.41) is 13.0. The minimum Gasteiger partial charge on any atom is -0.387 e. The number of aliphatic hydroxyl groups excluding tert-OH is 1. The van der Waals surface area contributed by atoms with E-state index < -0.39 is 27.6 Å². The van der Waals surface area contributed by atoms with Crippen molar-refractivity contribution < 1.29 is 22.3 Å². The molecule has 0 saturated carbocycles. The highest BCUT2D eigenvalue weighted by molar-refractivity contribution is 7.91. The van der Waals surface area contributed by atoms with Crippen molar-refractivity contribution in [3.8, 4) is 0 Å². The minimum atomic E-state index is -2.91. The van der Waals surface area contributed by atoms with E-state index in [0.717, 1.165) is 12.1 Å². The second-order valence-corrected chi connectivity index (χ2v) is 7.33. The average molecular weight is 305 g/mol. The molecule has 112 valence electrons. The molecule has 1 unspecified atom stereocenters. The Balaban J connectivity index is 1.86. The highest BCUT2D eigenvalue weighted by Crippen LogP contribution is 2.17. The van der Waals surface area contributed by atoms with Gasteiger partial charge in [0.2, 0.25) is 0 Å². The Morgan fingerprint density at radius 2 is 1.90 bits per heavy atom. The maximum atomic E-state index is 13.0. The molecule has 0 radical (unpaired) electrons. The quantitative estimate of drug-likeness (QED) is 0.876. The number of sulfone groups is 1. The van der Waals surface area contributed by atoms with Crippen LogP contribution in [0.3, 0.4) is 0 Å². The predicted octanol–water partition coefficient (Wildman–Crippen LogP) is 1.17. The van der Waals surface area contributed by atoms with Gasteiger partial charge in [-0.3, -0.25) is 0 Å². The first-order valence-corrected chi connectivity index (χ1v) is 8.26. The molecule has 0 aliphatic carbocycles. The van der Waals surface area contributed by atoms with Crippen molar-refractivity contribution >= 4 is 9.84 Å². The van der Waals surface area contributed by atoms with E-state index in [1.807, 2.05) is 0 Å². The number of rotatable bonds is 4. The Morgan fingerprint density at radius 3 is 2.50 bits per heavy atom. The van der Waals surface area contributed by atoms with Crippen LogP contribution in [0.4, 0.5) is 8.78 Å². The van der Waals surface area contributed by atoms with Gasteiger partial charge in [-0.25, -0.2) is 17.2 Å². The van der Waals surface area contributed by atoms with Crippen molar-refractivity contribution in [3.05, 3.63) is 35.4 Å². The first kappa shape index (κ1) is 15.3. The fourth-order valence-corrected chi connectivity index (χ4v) is 3.70. The first-order chi connectivity index (χ1) is 9.37. The third-order valence-corrected chi connectivity index (χ3v) is 5.20. The van der Waals surface area contributed by atoms with Crippen molar-refractivity contribution in [1.82, 2.24) is 5.32 Å². The Bertz CT molecular complexity index is 563. The van der Waals surface area contributed by atoms with E-state index in [0.29, 0.717) is 18.4 Å². The summed E-state index contributed by atoms with van der Waals surface area (Å²) in [4.78, 5) is 0. The normalized spacial score (nSPS) is 20.8. The monoisotopic (exact) mass is 305 g/mol. The second-order valence-electron chi connectivity index (χ2n) is 5.02. The average Bonchev–Trinajstić information content (AvgIpc) is 2.40. The zero-order valence-corrected chi connectivity index (χ0v) is 11.7. The van der Waals surface area contributed by atoms with Crippen molar-refractivity contribution in [3.63, 3.8) is 0 Å². The van der Waals surface area contributed by atoms with Crippen LogP contribution in [-0.2, 0) is 9.84 Å². The lowest BCUT2D eigenvalue weighted by molar-refractivity contribution is 0.168. The molecular weight excluding hydrogens is 288 g/mol. The number of hydrogen-bond donors (Lipinski definition) is 2. The van der Waals surface area contributed by atoms with Crippen molar-refractivity contribution in [2.24, 2.45) is 0 Å². The van der Waals surface area contributed by atoms with Crippen LogP contribution in [-0.4, -0.2) is 37.6 Å². The molecule has 1 aliphatic heterocycles. The van der Waals surface area contributed by atoms with Crippen LogP contribution in [0.2, 0.25) is 0 Å². The standard InChI is InChI=1S/C13H17F2NO3S/c14-11-2-1-9(7-12(11)15)13(17)8-16-10-3-5-20(18,19)6-4-10/h1-2,7,10,13,16-17H,3-6,8H2. The molecule has 0 spiro atoms. The topological polar surface area (TPSA) is 66.4 Å². The number of halogens is 2. The van der Waals surface area contributed by atoms with E-state index in [-0.39, 0.29) is 24.1 Å². The Kier molecular flexibility index (Phi) is 4.72. The van der Waals surface area contributed by atoms with Gasteiger partial charge < -0.3 is 10.4 Å². The molecule has 2 rings (SSSR count). The molecule has 1 saturated heterocycles. The van der Waals surface area contributed by atoms with E-state index in [1.165, 1.54) is 6.07 Å². The number of benzene rings is 1. The number of hydrogen-bond acceptors (Lipinski definition) is 4. The molecule has 1 aliphatic rings. The zero-order valence-electron chi connectivity index (χ0n) is 10.9. The molecule has 1 aromatic rings. The van der Waals surface area contributed by atoms with E-state index in [9.17, 15) is 22.3 Å². The van der Waals surface area contributed by atoms with Gasteiger partial charge in [-0.2, -0.15) is 0 Å². The SMILES string of the molecule is O=S1(=O)CCC(NCC(O)c2ccc(F)c(F)c2)CC1. The van der Waals surface area contributed by atoms with Gasteiger partial charge in [0.25, 0.3) is 0 Å². The van der Waals surface area contributed by atoms with E-state index in [1.54, 1.807) is 0 Å². The van der Waals surface area contributed by atoms with Crippen molar-refractivity contribution in [2.75, 3.05) is 18.1 Å². The van der Waals surface area contributed by atoms with Crippen molar-refractivity contribution in [1.29, 1.82) is 0 Å². The molecule has 1 heterocycles. The van der Waals surface area contributed by atoms with Gasteiger partial charge in [-0.15, -0.1) is 0 Å². The maximum absolute atomic E-state index is 13.0.